The van der Waals surface area contributed by atoms with Gasteiger partial charge in [-0.1, -0.05) is 0 Å². The number of morpholine rings is 1. The molecule has 5 nitrogen and oxygen atoms in total. The third kappa shape index (κ3) is 3.33. The van der Waals surface area contributed by atoms with Gasteiger partial charge in [-0.3, -0.25) is 4.90 Å². The first-order chi connectivity index (χ1) is 10.1. The highest BCUT2D eigenvalue weighted by atomic mass is 32.1. The molecule has 1 saturated heterocycles. The van der Waals surface area contributed by atoms with Crippen LogP contribution in [0.15, 0.2) is 17.8 Å². The van der Waals surface area contributed by atoms with Crippen LogP contribution in [-0.4, -0.2) is 52.8 Å². The summed E-state index contributed by atoms with van der Waals surface area (Å²) in [6.45, 7) is 9.40. The molecule has 2 aromatic rings. The van der Waals surface area contributed by atoms with Crippen molar-refractivity contribution < 1.29 is 4.74 Å². The molecule has 21 heavy (non-hydrogen) atoms. The van der Waals surface area contributed by atoms with E-state index in [0.717, 1.165) is 35.7 Å². The predicted octanol–water partition coefficient (Wildman–Crippen LogP) is 2.60. The van der Waals surface area contributed by atoms with Crippen molar-refractivity contribution in [2.24, 2.45) is 0 Å². The van der Waals surface area contributed by atoms with Crippen LogP contribution < -0.4 is 5.32 Å². The van der Waals surface area contributed by atoms with E-state index in [4.69, 9.17) is 4.74 Å². The molecule has 0 bridgehead atoms. The Balaban J connectivity index is 1.63. The number of fused-ring (bicyclic) bond motifs is 1. The molecule has 3 unspecified atom stereocenters. The van der Waals surface area contributed by atoms with Crippen molar-refractivity contribution in [3.05, 3.63) is 17.8 Å². The second-order valence-electron chi connectivity index (χ2n) is 5.80. The molecule has 1 N–H and O–H groups in total. The van der Waals surface area contributed by atoms with E-state index in [9.17, 15) is 0 Å². The minimum absolute atomic E-state index is 0.305. The lowest BCUT2D eigenvalue weighted by Crippen LogP contribution is -2.51. The van der Waals surface area contributed by atoms with Gasteiger partial charge in [0.05, 0.1) is 22.4 Å². The maximum Gasteiger partial charge on any atom is 0.147 e. The smallest absolute Gasteiger partial charge is 0.147 e. The number of aromatic nitrogens is 2. The molecule has 2 aromatic heterocycles. The van der Waals surface area contributed by atoms with Gasteiger partial charge in [-0.25, -0.2) is 9.97 Å². The Kier molecular flexibility index (Phi) is 4.37. The van der Waals surface area contributed by atoms with Crippen LogP contribution in [0.3, 0.4) is 0 Å². The van der Waals surface area contributed by atoms with Crippen molar-refractivity contribution in [2.75, 3.05) is 25.0 Å². The average molecular weight is 306 g/mol. The number of hydrogen-bond acceptors (Lipinski definition) is 6. The molecule has 3 atom stereocenters. The molecule has 0 saturated carbocycles. The lowest BCUT2D eigenvalue weighted by molar-refractivity contribution is -0.0769. The summed E-state index contributed by atoms with van der Waals surface area (Å²) < 4.78 is 6.93. The molecular formula is C15H22N4OS. The molecule has 3 heterocycles. The lowest BCUT2D eigenvalue weighted by atomic mass is 10.1. The van der Waals surface area contributed by atoms with Gasteiger partial charge in [0.15, 0.2) is 0 Å². The Labute approximate surface area is 129 Å². The van der Waals surface area contributed by atoms with Crippen molar-refractivity contribution in [1.29, 1.82) is 0 Å². The summed E-state index contributed by atoms with van der Waals surface area (Å²) >= 11 is 1.68. The number of thiophene rings is 1. The number of anilines is 1. The first-order valence-electron chi connectivity index (χ1n) is 7.45. The summed E-state index contributed by atoms with van der Waals surface area (Å²) in [7, 11) is 0. The predicted molar refractivity (Wildman–Crippen MR) is 86.9 cm³/mol. The second-order valence-corrected chi connectivity index (χ2v) is 6.71. The number of nitrogens with zero attached hydrogens (tertiary/aromatic N) is 3. The third-order valence-electron chi connectivity index (χ3n) is 3.88. The summed E-state index contributed by atoms with van der Waals surface area (Å²) in [4.78, 5) is 11.1. The molecule has 0 spiro atoms. The van der Waals surface area contributed by atoms with Gasteiger partial charge in [0.25, 0.3) is 0 Å². The van der Waals surface area contributed by atoms with Gasteiger partial charge >= 0.3 is 0 Å². The highest BCUT2D eigenvalue weighted by molar-refractivity contribution is 7.17. The van der Waals surface area contributed by atoms with Crippen molar-refractivity contribution >= 4 is 27.4 Å². The van der Waals surface area contributed by atoms with Crippen LogP contribution in [0.4, 0.5) is 5.82 Å². The van der Waals surface area contributed by atoms with Crippen molar-refractivity contribution in [3.63, 3.8) is 0 Å². The van der Waals surface area contributed by atoms with Crippen LogP contribution in [0.5, 0.6) is 0 Å². The van der Waals surface area contributed by atoms with Crippen LogP contribution in [-0.2, 0) is 4.74 Å². The highest BCUT2D eigenvalue weighted by Crippen LogP contribution is 2.25. The number of hydrogen-bond donors (Lipinski definition) is 1. The molecule has 6 heteroatoms. The van der Waals surface area contributed by atoms with Crippen LogP contribution in [0.1, 0.15) is 20.8 Å². The fourth-order valence-corrected chi connectivity index (χ4v) is 3.68. The highest BCUT2D eigenvalue weighted by Gasteiger charge is 2.25. The quantitative estimate of drug-likeness (QED) is 0.941. The minimum Gasteiger partial charge on any atom is -0.373 e. The third-order valence-corrected chi connectivity index (χ3v) is 4.79. The van der Waals surface area contributed by atoms with Crippen LogP contribution in [0, 0.1) is 0 Å². The van der Waals surface area contributed by atoms with Gasteiger partial charge in [0.2, 0.25) is 0 Å². The van der Waals surface area contributed by atoms with Gasteiger partial charge in [0.1, 0.15) is 12.1 Å². The summed E-state index contributed by atoms with van der Waals surface area (Å²) in [6, 6.07) is 2.48. The van der Waals surface area contributed by atoms with Gasteiger partial charge in [-0.2, -0.15) is 0 Å². The Bertz CT molecular complexity index is 592. The molecule has 1 aliphatic rings. The lowest BCUT2D eigenvalue weighted by Gasteiger charge is -2.39. The first-order valence-corrected chi connectivity index (χ1v) is 8.33. The second kappa shape index (κ2) is 6.25. The van der Waals surface area contributed by atoms with Crippen LogP contribution in [0.2, 0.25) is 0 Å². The van der Waals surface area contributed by atoms with E-state index in [1.54, 1.807) is 17.7 Å². The minimum atomic E-state index is 0.305. The zero-order chi connectivity index (χ0) is 14.8. The van der Waals surface area contributed by atoms with Crippen molar-refractivity contribution in [2.45, 2.75) is 39.0 Å². The molecule has 0 aromatic carbocycles. The maximum absolute atomic E-state index is 5.80. The van der Waals surface area contributed by atoms with E-state index in [1.165, 1.54) is 0 Å². The summed E-state index contributed by atoms with van der Waals surface area (Å²) in [5, 5.41) is 5.53. The fraction of sp³-hybridized carbons (Fsp3) is 0.600. The maximum atomic E-state index is 5.80. The van der Waals surface area contributed by atoms with E-state index in [-0.39, 0.29) is 0 Å². The molecule has 0 aliphatic carbocycles. The average Bonchev–Trinajstić information content (AvgIpc) is 2.92. The monoisotopic (exact) mass is 306 g/mol. The van der Waals surface area contributed by atoms with E-state index in [2.05, 4.69) is 46.3 Å². The SMILES string of the molecule is CC1CN(C(C)CNc2ncnc3ccsc23)CC(C)O1. The van der Waals surface area contributed by atoms with Crippen molar-refractivity contribution in [3.8, 4) is 0 Å². The normalized spacial score (nSPS) is 25.1. The van der Waals surface area contributed by atoms with Gasteiger partial charge in [-0.05, 0) is 32.2 Å². The Morgan fingerprint density at radius 2 is 2.14 bits per heavy atom. The number of nitrogens with one attached hydrogen (secondary N) is 1. The zero-order valence-electron chi connectivity index (χ0n) is 12.7. The Morgan fingerprint density at radius 1 is 1.38 bits per heavy atom. The van der Waals surface area contributed by atoms with E-state index >= 15 is 0 Å². The topological polar surface area (TPSA) is 50.3 Å². The molecule has 1 fully saturated rings. The fourth-order valence-electron chi connectivity index (χ4n) is 2.87. The van der Waals surface area contributed by atoms with E-state index < -0.39 is 0 Å². The molecular weight excluding hydrogens is 284 g/mol. The Hall–Kier alpha value is -1.24. The van der Waals surface area contributed by atoms with E-state index in [1.807, 2.05) is 6.07 Å². The van der Waals surface area contributed by atoms with Gasteiger partial charge < -0.3 is 10.1 Å². The van der Waals surface area contributed by atoms with Crippen molar-refractivity contribution in [1.82, 2.24) is 14.9 Å². The zero-order valence-corrected chi connectivity index (χ0v) is 13.6. The molecule has 1 aliphatic heterocycles. The number of ether oxygens (including phenoxy) is 1. The molecule has 0 amide bonds. The molecule has 114 valence electrons. The van der Waals surface area contributed by atoms with Gasteiger partial charge in [0, 0.05) is 25.7 Å². The summed E-state index contributed by atoms with van der Waals surface area (Å²) in [5.41, 5.74) is 1.01. The standard InChI is InChI=1S/C15H22N4OS/c1-10(19-7-11(2)20-12(3)8-19)6-16-15-14-13(4-5-21-14)17-9-18-15/h4-5,9-12H,6-8H2,1-3H3,(H,16,17,18). The summed E-state index contributed by atoms with van der Waals surface area (Å²) in [6.07, 6.45) is 2.24. The largest absolute Gasteiger partial charge is 0.373 e. The van der Waals surface area contributed by atoms with Crippen LogP contribution >= 0.6 is 11.3 Å². The van der Waals surface area contributed by atoms with Gasteiger partial charge in [-0.15, -0.1) is 11.3 Å². The first kappa shape index (κ1) is 14.7. The Morgan fingerprint density at radius 3 is 2.90 bits per heavy atom. The summed E-state index contributed by atoms with van der Waals surface area (Å²) in [5.74, 6) is 0.941. The number of rotatable bonds is 4. The molecule has 0 radical (unpaired) electrons. The van der Waals surface area contributed by atoms with Crippen LogP contribution in [0.25, 0.3) is 10.2 Å². The van der Waals surface area contributed by atoms with E-state index in [0.29, 0.717) is 18.2 Å². The molecule has 3 rings (SSSR count).